The van der Waals surface area contributed by atoms with Gasteiger partial charge in [0.1, 0.15) is 17.7 Å². The zero-order valence-electron chi connectivity index (χ0n) is 24.3. The van der Waals surface area contributed by atoms with Gasteiger partial charge in [0.2, 0.25) is 0 Å². The van der Waals surface area contributed by atoms with Gasteiger partial charge in [-0.2, -0.15) is 26.3 Å². The molecular weight excluding hydrogens is 581 g/mol. The van der Waals surface area contributed by atoms with Gasteiger partial charge in [-0.05, 0) is 60.2 Å². The highest BCUT2D eigenvalue weighted by Crippen LogP contribution is 2.42. The second-order valence-electron chi connectivity index (χ2n) is 11.1. The van der Waals surface area contributed by atoms with Crippen LogP contribution in [0.1, 0.15) is 86.2 Å². The molecule has 12 heteroatoms. The van der Waals surface area contributed by atoms with Gasteiger partial charge >= 0.3 is 18.4 Å². The summed E-state index contributed by atoms with van der Waals surface area (Å²) in [5.74, 6) is -0.418. The summed E-state index contributed by atoms with van der Waals surface area (Å²) in [4.78, 5) is 19.0. The minimum atomic E-state index is -5.05. The van der Waals surface area contributed by atoms with Gasteiger partial charge in [0.25, 0.3) is 0 Å². The second-order valence-corrected chi connectivity index (χ2v) is 11.1. The summed E-state index contributed by atoms with van der Waals surface area (Å²) in [5.41, 5.74) is -0.942. The first-order chi connectivity index (χ1) is 19.9. The van der Waals surface area contributed by atoms with Crippen molar-refractivity contribution in [3.63, 3.8) is 0 Å². The molecule has 0 radical (unpaired) electrons. The summed E-state index contributed by atoms with van der Waals surface area (Å²) in [6, 6.07) is 6.65. The monoisotopic (exact) mass is 612 g/mol. The summed E-state index contributed by atoms with van der Waals surface area (Å²) in [5, 5.41) is 0. The second kappa shape index (κ2) is 11.7. The predicted octanol–water partition coefficient (Wildman–Crippen LogP) is 9.26. The van der Waals surface area contributed by atoms with Crippen LogP contribution in [0.15, 0.2) is 42.5 Å². The number of aromatic nitrogens is 1. The molecule has 4 rings (SSSR count). The molecule has 3 aromatic rings. The summed E-state index contributed by atoms with van der Waals surface area (Å²) in [6.07, 6.45) is -12.5. The number of halogens is 7. The first-order valence-electron chi connectivity index (χ1n) is 13.6. The van der Waals surface area contributed by atoms with Crippen molar-refractivity contribution >= 4 is 6.09 Å². The Labute approximate surface area is 244 Å². The Morgan fingerprint density at radius 2 is 1.51 bits per heavy atom. The lowest BCUT2D eigenvalue weighted by Crippen LogP contribution is -2.32. The van der Waals surface area contributed by atoms with E-state index in [1.165, 1.54) is 25.0 Å². The van der Waals surface area contributed by atoms with Gasteiger partial charge in [-0.1, -0.05) is 33.8 Å². The third-order valence-corrected chi connectivity index (χ3v) is 7.47. The fourth-order valence-electron chi connectivity index (χ4n) is 5.06. The maximum atomic E-state index is 14.8. The Hall–Kier alpha value is -3.83. The number of alkyl halides is 6. The highest BCUT2D eigenvalue weighted by Gasteiger charge is 2.43. The number of hydrogen-bond donors (Lipinski definition) is 0. The third-order valence-electron chi connectivity index (χ3n) is 7.47. The van der Waals surface area contributed by atoms with Crippen molar-refractivity contribution < 1.29 is 45.0 Å². The zero-order valence-corrected chi connectivity index (χ0v) is 24.3. The number of ether oxygens (including phenoxy) is 2. The normalized spacial score (nSPS) is 17.7. The lowest BCUT2D eigenvalue weighted by Gasteiger charge is -2.24. The summed E-state index contributed by atoms with van der Waals surface area (Å²) in [6.45, 7) is 8.77. The van der Waals surface area contributed by atoms with E-state index in [-0.39, 0.29) is 30.2 Å². The van der Waals surface area contributed by atoms with Gasteiger partial charge in [0, 0.05) is 22.9 Å². The average molecular weight is 613 g/mol. The Bertz CT molecular complexity index is 1480. The third kappa shape index (κ3) is 6.57. The number of carbonyl (C=O) groups excluding carboxylic acids is 1. The lowest BCUT2D eigenvalue weighted by atomic mass is 9.94. The standard InChI is InChI=1S/C31H31F7N2O3/c1-15(2)22-12-23(27(42-6)13-24(22)32)21-7-8-25(16(3)4)39-26(21)14-40-17(5)28(43-29(40)41)18-9-19(30(33,34)35)11-20(10-18)31(36,37)38/h7-13,15-17,28H,14H2,1-6H3/t17-,28-/m0/s1. The molecule has 0 N–H and O–H groups in total. The van der Waals surface area contributed by atoms with Crippen molar-refractivity contribution in [1.82, 2.24) is 9.88 Å². The largest absolute Gasteiger partial charge is 0.496 e. The van der Waals surface area contributed by atoms with E-state index < -0.39 is 53.1 Å². The van der Waals surface area contributed by atoms with Crippen LogP contribution in [0.2, 0.25) is 0 Å². The van der Waals surface area contributed by atoms with Crippen molar-refractivity contribution in [2.75, 3.05) is 7.11 Å². The van der Waals surface area contributed by atoms with Crippen LogP contribution >= 0.6 is 0 Å². The Morgan fingerprint density at radius 1 is 0.907 bits per heavy atom. The van der Waals surface area contributed by atoms with Crippen molar-refractivity contribution in [1.29, 1.82) is 0 Å². The van der Waals surface area contributed by atoms with Crippen molar-refractivity contribution in [3.8, 4) is 16.9 Å². The van der Waals surface area contributed by atoms with Crippen LogP contribution in [-0.4, -0.2) is 29.1 Å². The van der Waals surface area contributed by atoms with Crippen LogP contribution in [0.3, 0.4) is 0 Å². The molecule has 2 aromatic carbocycles. The van der Waals surface area contributed by atoms with Gasteiger partial charge in [0.05, 0.1) is 36.5 Å². The molecule has 0 unspecified atom stereocenters. The molecular formula is C31H31F7N2O3. The zero-order chi connectivity index (χ0) is 32.0. The summed E-state index contributed by atoms with van der Waals surface area (Å²) < 4.78 is 107. The Kier molecular flexibility index (Phi) is 8.72. The molecule has 1 aliphatic rings. The minimum absolute atomic E-state index is 0.0178. The number of benzene rings is 2. The molecule has 1 aromatic heterocycles. The van der Waals surface area contributed by atoms with E-state index in [1.54, 1.807) is 18.2 Å². The maximum Gasteiger partial charge on any atom is 0.416 e. The molecule has 5 nitrogen and oxygen atoms in total. The van der Waals surface area contributed by atoms with Crippen LogP contribution in [0, 0.1) is 5.82 Å². The highest BCUT2D eigenvalue weighted by atomic mass is 19.4. The van der Waals surface area contributed by atoms with Crippen LogP contribution in [0.25, 0.3) is 11.1 Å². The average Bonchev–Trinajstić information content (AvgIpc) is 3.19. The number of pyridine rings is 1. The summed E-state index contributed by atoms with van der Waals surface area (Å²) in [7, 11) is 1.39. The van der Waals surface area contributed by atoms with Crippen molar-refractivity contribution in [2.45, 2.75) is 77.5 Å². The number of carbonyl (C=O) groups is 1. The lowest BCUT2D eigenvalue weighted by molar-refractivity contribution is -0.143. The highest BCUT2D eigenvalue weighted by molar-refractivity contribution is 5.75. The van der Waals surface area contributed by atoms with Gasteiger partial charge in [-0.15, -0.1) is 0 Å². The molecule has 2 heterocycles. The van der Waals surface area contributed by atoms with E-state index in [0.29, 0.717) is 40.2 Å². The fourth-order valence-corrected chi connectivity index (χ4v) is 5.06. The molecule has 0 aliphatic carbocycles. The number of nitrogens with zero attached hydrogens (tertiary/aromatic N) is 2. The van der Waals surface area contributed by atoms with Gasteiger partial charge < -0.3 is 9.47 Å². The molecule has 1 amide bonds. The van der Waals surface area contributed by atoms with E-state index in [1.807, 2.05) is 27.7 Å². The van der Waals surface area contributed by atoms with Crippen LogP contribution in [-0.2, 0) is 23.6 Å². The van der Waals surface area contributed by atoms with Gasteiger partial charge in [-0.3, -0.25) is 9.88 Å². The van der Waals surface area contributed by atoms with E-state index >= 15 is 0 Å². The first-order valence-corrected chi connectivity index (χ1v) is 13.6. The molecule has 0 saturated carbocycles. The van der Waals surface area contributed by atoms with E-state index in [4.69, 9.17) is 14.5 Å². The Balaban J connectivity index is 1.79. The van der Waals surface area contributed by atoms with E-state index in [0.717, 1.165) is 0 Å². The predicted molar refractivity (Wildman–Crippen MR) is 145 cm³/mol. The van der Waals surface area contributed by atoms with Crippen LogP contribution in [0.4, 0.5) is 35.5 Å². The molecule has 0 spiro atoms. The Morgan fingerprint density at radius 3 is 2.02 bits per heavy atom. The maximum absolute atomic E-state index is 14.8. The molecule has 2 atom stereocenters. The smallest absolute Gasteiger partial charge is 0.416 e. The molecule has 1 fully saturated rings. The number of methoxy groups -OCH3 is 1. The number of amides is 1. The van der Waals surface area contributed by atoms with Crippen LogP contribution in [0.5, 0.6) is 5.75 Å². The molecule has 1 aliphatic heterocycles. The number of cyclic esters (lactones) is 1. The van der Waals surface area contributed by atoms with Gasteiger partial charge in [-0.25, -0.2) is 9.18 Å². The molecule has 43 heavy (non-hydrogen) atoms. The summed E-state index contributed by atoms with van der Waals surface area (Å²) >= 11 is 0. The first kappa shape index (κ1) is 32.1. The number of hydrogen-bond acceptors (Lipinski definition) is 4. The molecule has 1 saturated heterocycles. The van der Waals surface area contributed by atoms with E-state index in [9.17, 15) is 35.5 Å². The SMILES string of the molecule is COc1cc(F)c(C(C)C)cc1-c1ccc(C(C)C)nc1CN1C(=O)O[C@H](c2cc(C(F)(F)F)cc(C(F)(F)F)c2)[C@@H]1C. The van der Waals surface area contributed by atoms with Gasteiger partial charge in [0.15, 0.2) is 0 Å². The molecule has 0 bridgehead atoms. The fraction of sp³-hybridized carbons (Fsp3) is 0.419. The van der Waals surface area contributed by atoms with Crippen molar-refractivity contribution in [3.05, 3.63) is 81.9 Å². The van der Waals surface area contributed by atoms with Crippen molar-refractivity contribution in [2.24, 2.45) is 0 Å². The topological polar surface area (TPSA) is 51.7 Å². The molecule has 232 valence electrons. The van der Waals surface area contributed by atoms with Crippen LogP contribution < -0.4 is 4.74 Å². The number of rotatable bonds is 7. The minimum Gasteiger partial charge on any atom is -0.496 e. The quantitative estimate of drug-likeness (QED) is 0.250. The van der Waals surface area contributed by atoms with E-state index in [2.05, 4.69) is 0 Å².